The fourth-order valence-electron chi connectivity index (χ4n) is 5.04. The van der Waals surface area contributed by atoms with Gasteiger partial charge in [-0.2, -0.15) is 0 Å². The van der Waals surface area contributed by atoms with Crippen LogP contribution in [0.3, 0.4) is 0 Å². The van der Waals surface area contributed by atoms with Crippen LogP contribution >= 0.6 is 0 Å². The average molecular weight is 335 g/mol. The number of benzene rings is 2. The van der Waals surface area contributed by atoms with E-state index >= 15 is 0 Å². The van der Waals surface area contributed by atoms with Crippen LogP contribution in [-0.2, 0) is 11.8 Å². The molecule has 0 saturated carbocycles. The second kappa shape index (κ2) is 6.49. The van der Waals surface area contributed by atoms with Crippen LogP contribution in [0.15, 0.2) is 54.6 Å². The Morgan fingerprint density at radius 1 is 1.08 bits per heavy atom. The predicted molar refractivity (Wildman–Crippen MR) is 106 cm³/mol. The molecule has 2 heteroatoms. The second-order valence-electron chi connectivity index (χ2n) is 8.18. The molecule has 2 aromatic rings. The number of hydrogen-bond acceptors (Lipinski definition) is 2. The van der Waals surface area contributed by atoms with Crippen molar-refractivity contribution in [3.63, 3.8) is 0 Å². The maximum Gasteiger partial charge on any atom is 0.0364 e. The van der Waals surface area contributed by atoms with Crippen molar-refractivity contribution in [3.05, 3.63) is 65.7 Å². The van der Waals surface area contributed by atoms with Crippen LogP contribution < -0.4 is 4.90 Å². The quantitative estimate of drug-likeness (QED) is 0.820. The first kappa shape index (κ1) is 16.7. The van der Waals surface area contributed by atoms with Gasteiger partial charge in [-0.05, 0) is 54.0 Å². The largest absolute Gasteiger partial charge is 0.373 e. The van der Waals surface area contributed by atoms with E-state index in [4.69, 9.17) is 0 Å². The van der Waals surface area contributed by atoms with E-state index in [2.05, 4.69) is 85.3 Å². The van der Waals surface area contributed by atoms with Crippen molar-refractivity contribution in [1.29, 1.82) is 0 Å². The molecule has 2 bridgehead atoms. The van der Waals surface area contributed by atoms with Gasteiger partial charge in [-0.15, -0.1) is 0 Å². The molecule has 1 heterocycles. The Hall–Kier alpha value is -1.80. The summed E-state index contributed by atoms with van der Waals surface area (Å²) < 4.78 is 0. The number of fused-ring (bicyclic) bond motifs is 4. The highest BCUT2D eigenvalue weighted by Gasteiger charge is 2.47. The third-order valence-electron chi connectivity index (χ3n) is 6.95. The third kappa shape index (κ3) is 2.87. The van der Waals surface area contributed by atoms with Crippen LogP contribution in [0, 0.1) is 5.92 Å². The Morgan fingerprint density at radius 2 is 1.80 bits per heavy atom. The molecule has 1 saturated heterocycles. The van der Waals surface area contributed by atoms with Crippen molar-refractivity contribution >= 4 is 5.69 Å². The SMILES string of the molecule is C[C@@H]1[C@@H]2Cc3ccccc3[C@@]1(C)CCN2CCN(C)c1ccccc1. The number of para-hydroxylation sites is 1. The minimum absolute atomic E-state index is 0.349. The van der Waals surface area contributed by atoms with Crippen LogP contribution in [0.4, 0.5) is 5.69 Å². The van der Waals surface area contributed by atoms with E-state index in [0.717, 1.165) is 19.0 Å². The van der Waals surface area contributed by atoms with Crippen molar-refractivity contribution in [2.24, 2.45) is 5.92 Å². The Labute approximate surface area is 152 Å². The van der Waals surface area contributed by atoms with E-state index in [-0.39, 0.29) is 0 Å². The summed E-state index contributed by atoms with van der Waals surface area (Å²) in [5.41, 5.74) is 4.85. The van der Waals surface area contributed by atoms with Gasteiger partial charge in [0.2, 0.25) is 0 Å². The number of hydrogen-bond donors (Lipinski definition) is 0. The predicted octanol–water partition coefficient (Wildman–Crippen LogP) is 4.35. The van der Waals surface area contributed by atoms with Gasteiger partial charge in [0, 0.05) is 31.9 Å². The zero-order valence-corrected chi connectivity index (χ0v) is 15.8. The van der Waals surface area contributed by atoms with Crippen LogP contribution in [0.2, 0.25) is 0 Å². The monoisotopic (exact) mass is 334 g/mol. The minimum atomic E-state index is 0.349. The molecule has 132 valence electrons. The summed E-state index contributed by atoms with van der Waals surface area (Å²) in [6.45, 7) is 8.44. The lowest BCUT2D eigenvalue weighted by atomic mass is 9.59. The zero-order valence-electron chi connectivity index (χ0n) is 15.8. The lowest BCUT2D eigenvalue weighted by molar-refractivity contribution is 0.0336. The first-order chi connectivity index (χ1) is 12.1. The molecule has 1 fully saturated rings. The van der Waals surface area contributed by atoms with Gasteiger partial charge in [-0.3, -0.25) is 4.90 Å². The lowest BCUT2D eigenvalue weighted by Crippen LogP contribution is -2.58. The van der Waals surface area contributed by atoms with Crippen LogP contribution in [0.1, 0.15) is 31.4 Å². The molecule has 0 aromatic heterocycles. The molecule has 0 N–H and O–H groups in total. The number of rotatable bonds is 4. The molecule has 2 aromatic carbocycles. The van der Waals surface area contributed by atoms with Crippen molar-refractivity contribution in [3.8, 4) is 0 Å². The molecule has 0 radical (unpaired) electrons. The molecular weight excluding hydrogens is 304 g/mol. The zero-order chi connectivity index (χ0) is 17.4. The highest BCUT2D eigenvalue weighted by atomic mass is 15.2. The van der Waals surface area contributed by atoms with Crippen molar-refractivity contribution < 1.29 is 0 Å². The normalized spacial score (nSPS) is 28.4. The van der Waals surface area contributed by atoms with E-state index in [1.807, 2.05) is 0 Å². The van der Waals surface area contributed by atoms with Gasteiger partial charge in [0.1, 0.15) is 0 Å². The molecule has 1 aliphatic carbocycles. The Balaban J connectivity index is 1.49. The van der Waals surface area contributed by atoms with E-state index < -0.39 is 0 Å². The van der Waals surface area contributed by atoms with Gasteiger partial charge >= 0.3 is 0 Å². The number of piperidine rings is 1. The molecule has 2 aliphatic rings. The van der Waals surface area contributed by atoms with Gasteiger partial charge in [0.05, 0.1) is 0 Å². The van der Waals surface area contributed by atoms with Crippen molar-refractivity contribution in [2.75, 3.05) is 31.6 Å². The minimum Gasteiger partial charge on any atom is -0.373 e. The van der Waals surface area contributed by atoms with E-state index in [1.54, 1.807) is 11.1 Å². The van der Waals surface area contributed by atoms with Gasteiger partial charge in [-0.25, -0.2) is 0 Å². The Morgan fingerprint density at radius 3 is 2.60 bits per heavy atom. The molecule has 25 heavy (non-hydrogen) atoms. The highest BCUT2D eigenvalue weighted by Crippen LogP contribution is 2.48. The summed E-state index contributed by atoms with van der Waals surface area (Å²) in [5, 5.41) is 0. The summed E-state index contributed by atoms with van der Waals surface area (Å²) in [5.74, 6) is 0.721. The Bertz CT molecular complexity index is 726. The first-order valence-corrected chi connectivity index (χ1v) is 9.68. The van der Waals surface area contributed by atoms with Crippen LogP contribution in [0.5, 0.6) is 0 Å². The summed E-state index contributed by atoms with van der Waals surface area (Å²) in [7, 11) is 2.21. The summed E-state index contributed by atoms with van der Waals surface area (Å²) in [6.07, 6.45) is 2.48. The van der Waals surface area contributed by atoms with Gasteiger partial charge in [0.15, 0.2) is 0 Å². The molecule has 2 nitrogen and oxygen atoms in total. The van der Waals surface area contributed by atoms with Gasteiger partial charge in [-0.1, -0.05) is 56.3 Å². The molecular formula is C23H30N2. The third-order valence-corrected chi connectivity index (χ3v) is 6.95. The van der Waals surface area contributed by atoms with E-state index in [0.29, 0.717) is 11.5 Å². The lowest BCUT2D eigenvalue weighted by Gasteiger charge is -2.54. The van der Waals surface area contributed by atoms with E-state index in [1.165, 1.54) is 25.1 Å². The molecule has 1 aliphatic heterocycles. The number of likely N-dealkylation sites (tertiary alicyclic amines) is 1. The van der Waals surface area contributed by atoms with Gasteiger partial charge in [0.25, 0.3) is 0 Å². The first-order valence-electron chi connectivity index (χ1n) is 9.68. The molecule has 0 spiro atoms. The Kier molecular flexibility index (Phi) is 4.33. The molecule has 4 rings (SSSR count). The average Bonchev–Trinajstić information content (AvgIpc) is 2.64. The summed E-state index contributed by atoms with van der Waals surface area (Å²) in [6, 6.07) is 20.6. The maximum atomic E-state index is 2.75. The summed E-state index contributed by atoms with van der Waals surface area (Å²) >= 11 is 0. The highest BCUT2D eigenvalue weighted by molar-refractivity contribution is 5.45. The molecule has 3 atom stereocenters. The summed E-state index contributed by atoms with van der Waals surface area (Å²) in [4.78, 5) is 5.14. The smallest absolute Gasteiger partial charge is 0.0364 e. The molecule has 0 amide bonds. The van der Waals surface area contributed by atoms with E-state index in [9.17, 15) is 0 Å². The molecule has 0 unspecified atom stereocenters. The van der Waals surface area contributed by atoms with Crippen LogP contribution in [-0.4, -0.2) is 37.6 Å². The standard InChI is InChI=1S/C23H30N2/c1-18-22-17-19-9-7-8-12-21(19)23(18,2)13-14-25(22)16-15-24(3)20-10-5-4-6-11-20/h4-12,18,22H,13-17H2,1-3H3/t18-,22+,23+/m1/s1. The topological polar surface area (TPSA) is 6.48 Å². The van der Waals surface area contributed by atoms with Crippen molar-refractivity contribution in [1.82, 2.24) is 4.90 Å². The van der Waals surface area contributed by atoms with Gasteiger partial charge < -0.3 is 4.90 Å². The fraction of sp³-hybridized carbons (Fsp3) is 0.478. The number of likely N-dealkylation sites (N-methyl/N-ethyl adjacent to an activating group) is 1. The van der Waals surface area contributed by atoms with Crippen molar-refractivity contribution in [2.45, 2.75) is 38.1 Å². The number of anilines is 1. The number of nitrogens with zero attached hydrogens (tertiary/aromatic N) is 2. The fourth-order valence-corrected chi connectivity index (χ4v) is 5.04. The second-order valence-corrected chi connectivity index (χ2v) is 8.18. The maximum absolute atomic E-state index is 2.75. The van der Waals surface area contributed by atoms with Crippen LogP contribution in [0.25, 0.3) is 0 Å².